The molecule has 0 saturated heterocycles. The van der Waals surface area contributed by atoms with Crippen molar-refractivity contribution in [3.05, 3.63) is 65.7 Å². The fourth-order valence-electron chi connectivity index (χ4n) is 3.69. The second-order valence-corrected chi connectivity index (χ2v) is 7.00. The molecule has 1 unspecified atom stereocenters. The van der Waals surface area contributed by atoms with Crippen LogP contribution in [0.25, 0.3) is 0 Å². The lowest BCUT2D eigenvalue weighted by atomic mass is 9.72. The normalized spacial score (nSPS) is 19.9. The second-order valence-electron chi connectivity index (χ2n) is 7.00. The molecule has 1 atom stereocenters. The van der Waals surface area contributed by atoms with Crippen molar-refractivity contribution in [2.45, 2.75) is 25.7 Å². The molecule has 1 amide bonds. The van der Waals surface area contributed by atoms with Crippen LogP contribution in [0, 0.1) is 0 Å². The highest BCUT2D eigenvalue weighted by Gasteiger charge is 2.48. The number of nitrogens with zero attached hydrogens (tertiary/aromatic N) is 1. The number of amides is 1. The van der Waals surface area contributed by atoms with E-state index in [4.69, 9.17) is 0 Å². The number of hydrogen-bond acceptors (Lipinski definition) is 1. The molecule has 0 saturated carbocycles. The van der Waals surface area contributed by atoms with Gasteiger partial charge in [-0.25, -0.2) is 0 Å². The van der Waals surface area contributed by atoms with Crippen LogP contribution in [-0.2, 0) is 10.2 Å². The summed E-state index contributed by atoms with van der Waals surface area (Å²) in [6, 6.07) is 18.4. The summed E-state index contributed by atoms with van der Waals surface area (Å²) in [5.41, 5.74) is 2.57. The third-order valence-corrected chi connectivity index (χ3v) is 5.84. The Morgan fingerprint density at radius 3 is 2.25 bits per heavy atom. The number of anilines is 1. The van der Waals surface area contributed by atoms with Crippen LogP contribution in [0.5, 0.6) is 0 Å². The van der Waals surface area contributed by atoms with Crippen LogP contribution in [0.4, 0.5) is 5.69 Å². The first-order valence-electron chi connectivity index (χ1n) is 8.86. The smallest absolute Gasteiger partial charge is 0.239 e. The van der Waals surface area contributed by atoms with Gasteiger partial charge in [-0.2, -0.15) is 0 Å². The summed E-state index contributed by atoms with van der Waals surface area (Å²) in [6.07, 6.45) is 0.818. The molecule has 0 aromatic heterocycles. The standard InChI is InChI=1S/C21H26N2O/c1-4-23(3,5-2)16-15-21(17-11-7-6-8-12-17)18-13-9-10-14-19(18)22-20(21)24/h6-14H,4-5,15-16H2,1-3H3/p+1. The van der Waals surface area contributed by atoms with Crippen molar-refractivity contribution in [3.63, 3.8) is 0 Å². The fourth-order valence-corrected chi connectivity index (χ4v) is 3.69. The van der Waals surface area contributed by atoms with E-state index in [9.17, 15) is 4.79 Å². The molecule has 1 aliphatic rings. The van der Waals surface area contributed by atoms with E-state index in [1.54, 1.807) is 0 Å². The Morgan fingerprint density at radius 1 is 0.958 bits per heavy atom. The molecule has 0 fully saturated rings. The largest absolute Gasteiger partial charge is 0.326 e. The Morgan fingerprint density at radius 2 is 1.58 bits per heavy atom. The minimum Gasteiger partial charge on any atom is -0.326 e. The number of benzene rings is 2. The summed E-state index contributed by atoms with van der Waals surface area (Å²) >= 11 is 0. The molecule has 2 aromatic carbocycles. The Hall–Kier alpha value is -2.13. The molecule has 3 heteroatoms. The van der Waals surface area contributed by atoms with Gasteiger partial charge < -0.3 is 9.80 Å². The number of carbonyl (C=O) groups excluding carboxylic acids is 1. The van der Waals surface area contributed by atoms with Crippen molar-refractivity contribution in [2.24, 2.45) is 0 Å². The van der Waals surface area contributed by atoms with Gasteiger partial charge >= 0.3 is 0 Å². The van der Waals surface area contributed by atoms with Crippen molar-refractivity contribution in [1.82, 2.24) is 0 Å². The van der Waals surface area contributed by atoms with E-state index in [1.165, 1.54) is 0 Å². The lowest BCUT2D eigenvalue weighted by Crippen LogP contribution is -2.48. The summed E-state index contributed by atoms with van der Waals surface area (Å²) in [5.74, 6) is 0.105. The molecule has 0 radical (unpaired) electrons. The zero-order chi connectivity index (χ0) is 17.2. The average molecular weight is 323 g/mol. The van der Waals surface area contributed by atoms with E-state index < -0.39 is 5.41 Å². The van der Waals surface area contributed by atoms with Gasteiger partial charge in [0.25, 0.3) is 0 Å². The average Bonchev–Trinajstić information content (AvgIpc) is 2.93. The molecule has 24 heavy (non-hydrogen) atoms. The zero-order valence-corrected chi connectivity index (χ0v) is 14.9. The van der Waals surface area contributed by atoms with Crippen LogP contribution in [0.15, 0.2) is 54.6 Å². The summed E-state index contributed by atoms with van der Waals surface area (Å²) in [7, 11) is 2.28. The summed E-state index contributed by atoms with van der Waals surface area (Å²) in [4.78, 5) is 13.1. The van der Waals surface area contributed by atoms with Gasteiger partial charge in [-0.15, -0.1) is 0 Å². The maximum atomic E-state index is 13.1. The Labute approximate surface area is 144 Å². The molecular weight excluding hydrogens is 296 g/mol. The Kier molecular flexibility index (Phi) is 4.46. The Balaban J connectivity index is 2.09. The van der Waals surface area contributed by atoms with Gasteiger partial charge in [0.15, 0.2) is 0 Å². The molecule has 0 bridgehead atoms. The van der Waals surface area contributed by atoms with E-state index >= 15 is 0 Å². The number of para-hydroxylation sites is 1. The van der Waals surface area contributed by atoms with E-state index in [0.29, 0.717) is 0 Å². The minimum absolute atomic E-state index is 0.105. The maximum absolute atomic E-state index is 13.1. The number of carbonyl (C=O) groups is 1. The van der Waals surface area contributed by atoms with Gasteiger partial charge in [-0.1, -0.05) is 48.5 Å². The van der Waals surface area contributed by atoms with Crippen LogP contribution in [0.1, 0.15) is 31.4 Å². The number of quaternary nitrogens is 1. The molecule has 0 aliphatic carbocycles. The quantitative estimate of drug-likeness (QED) is 0.805. The number of nitrogens with one attached hydrogen (secondary N) is 1. The van der Waals surface area contributed by atoms with Crippen molar-refractivity contribution >= 4 is 11.6 Å². The van der Waals surface area contributed by atoms with E-state index in [1.807, 2.05) is 36.4 Å². The van der Waals surface area contributed by atoms with Gasteiger partial charge in [0.05, 0.1) is 26.7 Å². The first kappa shape index (κ1) is 16.7. The summed E-state index contributed by atoms with van der Waals surface area (Å²) in [6.45, 7) is 7.57. The van der Waals surface area contributed by atoms with Crippen LogP contribution >= 0.6 is 0 Å². The molecular formula is C21H27N2O+. The van der Waals surface area contributed by atoms with Crippen molar-refractivity contribution in [2.75, 3.05) is 32.0 Å². The summed E-state index contributed by atoms with van der Waals surface area (Å²) < 4.78 is 0.976. The van der Waals surface area contributed by atoms with E-state index in [-0.39, 0.29) is 5.91 Å². The molecule has 1 aliphatic heterocycles. The SMILES string of the molecule is CC[N+](C)(CC)CCC1(c2ccccc2)C(=O)Nc2ccccc21. The van der Waals surface area contributed by atoms with Gasteiger partial charge in [-0.05, 0) is 31.0 Å². The van der Waals surface area contributed by atoms with E-state index in [0.717, 1.165) is 47.4 Å². The summed E-state index contributed by atoms with van der Waals surface area (Å²) in [5, 5.41) is 3.11. The zero-order valence-electron chi connectivity index (χ0n) is 14.9. The topological polar surface area (TPSA) is 29.1 Å². The third-order valence-electron chi connectivity index (χ3n) is 5.84. The Bertz CT molecular complexity index is 722. The van der Waals surface area contributed by atoms with Gasteiger partial charge in [0.2, 0.25) is 5.91 Å². The highest BCUT2D eigenvalue weighted by atomic mass is 16.2. The maximum Gasteiger partial charge on any atom is 0.239 e. The van der Waals surface area contributed by atoms with Crippen LogP contribution in [0.2, 0.25) is 0 Å². The van der Waals surface area contributed by atoms with Crippen molar-refractivity contribution < 1.29 is 9.28 Å². The van der Waals surface area contributed by atoms with Gasteiger partial charge in [0.1, 0.15) is 5.41 Å². The predicted octanol–water partition coefficient (Wildman–Crippen LogP) is 3.80. The van der Waals surface area contributed by atoms with Gasteiger partial charge in [-0.3, -0.25) is 4.79 Å². The fraction of sp³-hybridized carbons (Fsp3) is 0.381. The highest BCUT2D eigenvalue weighted by molar-refractivity contribution is 6.08. The molecule has 1 N–H and O–H groups in total. The first-order valence-corrected chi connectivity index (χ1v) is 8.86. The number of fused-ring (bicyclic) bond motifs is 1. The molecule has 0 spiro atoms. The van der Waals surface area contributed by atoms with Gasteiger partial charge in [0, 0.05) is 12.1 Å². The molecule has 3 nitrogen and oxygen atoms in total. The van der Waals surface area contributed by atoms with Crippen LogP contribution < -0.4 is 5.32 Å². The van der Waals surface area contributed by atoms with Crippen molar-refractivity contribution in [1.29, 1.82) is 0 Å². The monoisotopic (exact) mass is 323 g/mol. The first-order chi connectivity index (χ1) is 11.6. The number of rotatable bonds is 6. The lowest BCUT2D eigenvalue weighted by molar-refractivity contribution is -0.906. The lowest BCUT2D eigenvalue weighted by Gasteiger charge is -2.36. The number of hydrogen-bond donors (Lipinski definition) is 1. The highest BCUT2D eigenvalue weighted by Crippen LogP contribution is 2.45. The van der Waals surface area contributed by atoms with Crippen LogP contribution in [0.3, 0.4) is 0 Å². The molecule has 2 aromatic rings. The third kappa shape index (κ3) is 2.63. The molecule has 1 heterocycles. The second kappa shape index (κ2) is 6.40. The van der Waals surface area contributed by atoms with E-state index in [2.05, 4.69) is 44.4 Å². The molecule has 3 rings (SSSR count). The molecule has 126 valence electrons. The minimum atomic E-state index is -0.582. The predicted molar refractivity (Wildman–Crippen MR) is 99.0 cm³/mol. The van der Waals surface area contributed by atoms with Crippen LogP contribution in [-0.4, -0.2) is 37.1 Å². The van der Waals surface area contributed by atoms with Crippen molar-refractivity contribution in [3.8, 4) is 0 Å².